The molecule has 0 aliphatic carbocycles. The minimum atomic E-state index is -0.339. The van der Waals surface area contributed by atoms with Crippen LogP contribution in [0.4, 0.5) is 0 Å². The van der Waals surface area contributed by atoms with E-state index in [0.29, 0.717) is 34.3 Å². The summed E-state index contributed by atoms with van der Waals surface area (Å²) >= 11 is 0. The van der Waals surface area contributed by atoms with Crippen LogP contribution in [0.2, 0.25) is 0 Å². The van der Waals surface area contributed by atoms with Crippen molar-refractivity contribution in [2.24, 2.45) is 5.92 Å². The van der Waals surface area contributed by atoms with Crippen LogP contribution in [0, 0.1) is 5.92 Å². The van der Waals surface area contributed by atoms with Gasteiger partial charge in [0.1, 0.15) is 11.2 Å². The monoisotopic (exact) mass is 433 g/mol. The Labute approximate surface area is 188 Å². The number of piperidine rings is 1. The first-order chi connectivity index (χ1) is 15.6. The number of aromatic nitrogens is 3. The van der Waals surface area contributed by atoms with Crippen LogP contribution < -0.4 is 10.9 Å². The summed E-state index contributed by atoms with van der Waals surface area (Å²) in [5.74, 6) is 0.752. The molecule has 1 aromatic carbocycles. The number of pyridine rings is 1. The summed E-state index contributed by atoms with van der Waals surface area (Å²) in [7, 11) is 0. The summed E-state index contributed by atoms with van der Waals surface area (Å²) in [5, 5.41) is 3.83. The van der Waals surface area contributed by atoms with Gasteiger partial charge in [-0.2, -0.15) is 0 Å². The number of nitrogens with one attached hydrogen (secondary N) is 1. The number of nitrogens with zero attached hydrogens (tertiary/aromatic N) is 4. The number of likely N-dealkylation sites (tertiary alicyclic amines) is 1. The van der Waals surface area contributed by atoms with Gasteiger partial charge in [0.05, 0.1) is 17.4 Å². The second kappa shape index (κ2) is 10.7. The molecule has 168 valence electrons. The van der Waals surface area contributed by atoms with E-state index in [1.54, 1.807) is 30.3 Å². The molecule has 0 spiro atoms. The van der Waals surface area contributed by atoms with Crippen LogP contribution in [0.1, 0.15) is 49.5 Å². The molecule has 32 heavy (non-hydrogen) atoms. The van der Waals surface area contributed by atoms with E-state index in [-0.39, 0.29) is 11.3 Å². The lowest BCUT2D eigenvalue weighted by molar-refractivity contribution is 0.0888. The normalized spacial score (nSPS) is 15.4. The first-order valence-corrected chi connectivity index (χ1v) is 11.7. The van der Waals surface area contributed by atoms with Crippen molar-refractivity contribution in [2.45, 2.75) is 39.0 Å². The highest BCUT2D eigenvalue weighted by atomic mass is 16.1. The number of unbranched alkanes of at least 4 members (excludes halogenated alkanes) is 1. The molecule has 0 saturated carbocycles. The highest BCUT2D eigenvalue weighted by molar-refractivity contribution is 5.97. The third kappa shape index (κ3) is 5.53. The van der Waals surface area contributed by atoms with Crippen LogP contribution in [0.3, 0.4) is 0 Å². The van der Waals surface area contributed by atoms with Gasteiger partial charge in [-0.05, 0) is 75.6 Å². The molecule has 1 fully saturated rings. The van der Waals surface area contributed by atoms with Crippen LogP contribution in [0.5, 0.6) is 0 Å². The average Bonchev–Trinajstić information content (AvgIpc) is 2.95. The van der Waals surface area contributed by atoms with Crippen LogP contribution >= 0.6 is 0 Å². The highest BCUT2D eigenvalue weighted by Crippen LogP contribution is 2.22. The summed E-state index contributed by atoms with van der Waals surface area (Å²) in [6.45, 7) is 6.57. The van der Waals surface area contributed by atoms with Crippen LogP contribution in [0.25, 0.3) is 22.1 Å². The molecule has 0 amide bonds. The number of carbonyl (C=O) groups is 1. The topological polar surface area (TPSA) is 88.1 Å². The van der Waals surface area contributed by atoms with Gasteiger partial charge in [-0.1, -0.05) is 31.9 Å². The fourth-order valence-electron chi connectivity index (χ4n) is 4.38. The Morgan fingerprint density at radius 1 is 1.03 bits per heavy atom. The Kier molecular flexibility index (Phi) is 7.50. The van der Waals surface area contributed by atoms with E-state index in [4.69, 9.17) is 0 Å². The molecule has 1 aliphatic heterocycles. The molecule has 0 unspecified atom stereocenters. The Morgan fingerprint density at radius 2 is 1.84 bits per heavy atom. The molecule has 3 heterocycles. The quantitative estimate of drug-likeness (QED) is 0.409. The molecule has 0 atom stereocenters. The Bertz CT molecular complexity index is 1140. The number of Topliss-reactive ketones (excluding diaryl/α,β-unsaturated/α-hetero) is 1. The minimum Gasteiger partial charge on any atom is -0.317 e. The van der Waals surface area contributed by atoms with Crippen molar-refractivity contribution in [1.82, 2.24) is 25.2 Å². The Hall–Kier alpha value is -2.77. The second-order valence-electron chi connectivity index (χ2n) is 8.58. The van der Waals surface area contributed by atoms with E-state index >= 15 is 0 Å². The van der Waals surface area contributed by atoms with Gasteiger partial charge in [-0.15, -0.1) is 0 Å². The fraction of sp³-hybridized carbons (Fsp3) is 0.480. The predicted molar refractivity (Wildman–Crippen MR) is 127 cm³/mol. The van der Waals surface area contributed by atoms with Gasteiger partial charge in [-0.3, -0.25) is 14.5 Å². The summed E-state index contributed by atoms with van der Waals surface area (Å²) in [6.07, 6.45) is 6.10. The minimum absolute atomic E-state index is 0.0176. The molecule has 4 rings (SSSR count). The van der Waals surface area contributed by atoms with E-state index in [1.807, 2.05) is 6.07 Å². The standard InChI is InChI=1S/C25H31N5O2/c1-2-26-14-6-5-7-18-12-15-30(16-13-18)17-23(31)21-10-11-22-24(28-21)27-20-9-4-3-8-19(20)25(32)29-22/h3-4,8-11,18,26H,2,5-7,12-17H2,1H3. The third-order valence-corrected chi connectivity index (χ3v) is 6.26. The van der Waals surface area contributed by atoms with Crippen molar-refractivity contribution >= 4 is 27.9 Å². The maximum Gasteiger partial charge on any atom is 0.279 e. The molecule has 2 aromatic heterocycles. The molecule has 7 heteroatoms. The molecule has 1 aliphatic rings. The van der Waals surface area contributed by atoms with Crippen molar-refractivity contribution in [3.8, 4) is 0 Å². The number of fused-ring (bicyclic) bond motifs is 2. The van der Waals surface area contributed by atoms with Crippen molar-refractivity contribution in [3.05, 3.63) is 52.4 Å². The van der Waals surface area contributed by atoms with E-state index in [1.165, 1.54) is 19.3 Å². The van der Waals surface area contributed by atoms with Gasteiger partial charge < -0.3 is 5.32 Å². The van der Waals surface area contributed by atoms with Crippen molar-refractivity contribution in [1.29, 1.82) is 0 Å². The molecule has 0 bridgehead atoms. The number of hydrogen-bond acceptors (Lipinski definition) is 7. The van der Waals surface area contributed by atoms with Crippen LogP contribution in [-0.2, 0) is 0 Å². The average molecular weight is 434 g/mol. The zero-order valence-corrected chi connectivity index (χ0v) is 18.7. The predicted octanol–water partition coefficient (Wildman–Crippen LogP) is 3.21. The van der Waals surface area contributed by atoms with E-state index < -0.39 is 0 Å². The van der Waals surface area contributed by atoms with Gasteiger partial charge in [0, 0.05) is 0 Å². The molecular weight excluding hydrogens is 402 g/mol. The van der Waals surface area contributed by atoms with Gasteiger partial charge in [0.2, 0.25) is 0 Å². The third-order valence-electron chi connectivity index (χ3n) is 6.26. The number of benzene rings is 1. The molecule has 1 N–H and O–H groups in total. The maximum atomic E-state index is 12.9. The fourth-order valence-corrected chi connectivity index (χ4v) is 4.38. The van der Waals surface area contributed by atoms with Gasteiger partial charge >= 0.3 is 0 Å². The first-order valence-electron chi connectivity index (χ1n) is 11.7. The van der Waals surface area contributed by atoms with E-state index in [0.717, 1.165) is 44.9 Å². The van der Waals surface area contributed by atoms with Gasteiger partial charge in [-0.25, -0.2) is 15.0 Å². The van der Waals surface area contributed by atoms with Crippen molar-refractivity contribution in [3.63, 3.8) is 0 Å². The van der Waals surface area contributed by atoms with E-state index in [9.17, 15) is 9.59 Å². The number of carbonyl (C=O) groups excluding carboxylic acids is 1. The summed E-state index contributed by atoms with van der Waals surface area (Å²) in [6, 6.07) is 10.4. The lowest BCUT2D eigenvalue weighted by Crippen LogP contribution is -2.37. The smallest absolute Gasteiger partial charge is 0.279 e. The van der Waals surface area contributed by atoms with Crippen LogP contribution in [-0.4, -0.2) is 58.4 Å². The van der Waals surface area contributed by atoms with E-state index in [2.05, 4.69) is 32.1 Å². The lowest BCUT2D eigenvalue weighted by atomic mass is 9.91. The number of rotatable bonds is 9. The molecular formula is C25H31N5O2. The first kappa shape index (κ1) is 22.4. The zero-order chi connectivity index (χ0) is 22.3. The number of ketones is 1. The van der Waals surface area contributed by atoms with Crippen LogP contribution in [0.15, 0.2) is 41.2 Å². The second-order valence-corrected chi connectivity index (χ2v) is 8.58. The molecule has 0 radical (unpaired) electrons. The largest absolute Gasteiger partial charge is 0.317 e. The van der Waals surface area contributed by atoms with Crippen molar-refractivity contribution in [2.75, 3.05) is 32.7 Å². The van der Waals surface area contributed by atoms with Crippen molar-refractivity contribution < 1.29 is 4.79 Å². The molecule has 3 aromatic rings. The number of para-hydroxylation sites is 1. The lowest BCUT2D eigenvalue weighted by Gasteiger charge is -2.31. The Morgan fingerprint density at radius 3 is 2.66 bits per heavy atom. The molecule has 7 nitrogen and oxygen atoms in total. The van der Waals surface area contributed by atoms with Gasteiger partial charge in [0.25, 0.3) is 5.56 Å². The summed E-state index contributed by atoms with van der Waals surface area (Å²) < 4.78 is 0. The number of hydrogen-bond donors (Lipinski definition) is 1. The maximum absolute atomic E-state index is 12.9. The Balaban J connectivity index is 1.38. The molecule has 1 saturated heterocycles. The summed E-state index contributed by atoms with van der Waals surface area (Å²) in [4.78, 5) is 40.6. The zero-order valence-electron chi connectivity index (χ0n) is 18.7. The van der Waals surface area contributed by atoms with Gasteiger partial charge in [0.15, 0.2) is 11.4 Å². The SMILES string of the molecule is CCNCCCCC1CCN(CC(=O)c2ccc3nc(=O)c4ccccc4nc3n2)CC1. The summed E-state index contributed by atoms with van der Waals surface area (Å²) in [5.41, 5.74) is 1.29. The highest BCUT2D eigenvalue weighted by Gasteiger charge is 2.21.